The Balaban J connectivity index is 1.55. The van der Waals surface area contributed by atoms with E-state index in [4.69, 9.17) is 0 Å². The number of rotatable bonds is 4. The van der Waals surface area contributed by atoms with E-state index >= 15 is 0 Å². The Morgan fingerprint density at radius 3 is 2.53 bits per heavy atom. The van der Waals surface area contributed by atoms with Crippen LogP contribution < -0.4 is 10.2 Å². The molecule has 5 rings (SSSR count). The quantitative estimate of drug-likeness (QED) is 0.683. The number of fused-ring (bicyclic) bond motifs is 1. The molecule has 3 heterocycles. The minimum Gasteiger partial charge on any atom is -0.348 e. The molecule has 2 aliphatic rings. The first-order valence-electron chi connectivity index (χ1n) is 10.8. The summed E-state index contributed by atoms with van der Waals surface area (Å²) in [5, 5.41) is 2.97. The van der Waals surface area contributed by atoms with E-state index in [9.17, 15) is 9.59 Å². The molecule has 1 N–H and O–H groups in total. The zero-order valence-corrected chi connectivity index (χ0v) is 18.3. The van der Waals surface area contributed by atoms with Crippen molar-refractivity contribution in [2.24, 2.45) is 0 Å². The summed E-state index contributed by atoms with van der Waals surface area (Å²) in [5.41, 5.74) is 2.84. The van der Waals surface area contributed by atoms with E-state index in [1.807, 2.05) is 39.0 Å². The maximum absolute atomic E-state index is 13.4. The van der Waals surface area contributed by atoms with E-state index in [2.05, 4.69) is 25.3 Å². The van der Waals surface area contributed by atoms with Crippen LogP contribution in [0.3, 0.4) is 0 Å². The minimum absolute atomic E-state index is 0.115. The van der Waals surface area contributed by atoms with Crippen molar-refractivity contribution < 1.29 is 9.59 Å². The molecule has 0 unspecified atom stereocenters. The highest BCUT2D eigenvalue weighted by molar-refractivity contribution is 6.12. The van der Waals surface area contributed by atoms with Crippen molar-refractivity contribution >= 4 is 23.3 Å². The Morgan fingerprint density at radius 1 is 1.09 bits per heavy atom. The maximum atomic E-state index is 13.4. The van der Waals surface area contributed by atoms with Crippen molar-refractivity contribution in [2.45, 2.75) is 51.5 Å². The number of aryl methyl sites for hydroxylation is 1. The molecule has 1 aromatic carbocycles. The Morgan fingerprint density at radius 2 is 1.84 bits per heavy atom. The fraction of sp³-hybridized carbons (Fsp3) is 0.333. The van der Waals surface area contributed by atoms with Gasteiger partial charge in [-0.15, -0.1) is 0 Å². The van der Waals surface area contributed by atoms with Gasteiger partial charge in [-0.2, -0.15) is 0 Å². The van der Waals surface area contributed by atoms with Crippen molar-refractivity contribution in [1.82, 2.24) is 25.3 Å². The second-order valence-corrected chi connectivity index (χ2v) is 8.88. The van der Waals surface area contributed by atoms with Gasteiger partial charge in [-0.05, 0) is 57.2 Å². The van der Waals surface area contributed by atoms with E-state index in [0.717, 1.165) is 41.6 Å². The standard InChI is InChI=1S/C24H24N6O2/c1-14-26-10-16(11-27-14)15-7-8-18-20(9-15)30(23(32)24(18,2)3)21-13-25-12-19(29-21)22(31)28-17-5-4-6-17/h7-13,17H,4-6H2,1-3H3,(H,28,31). The van der Waals surface area contributed by atoms with Crippen molar-refractivity contribution in [2.75, 3.05) is 4.90 Å². The normalized spacial score (nSPS) is 17.1. The number of nitrogens with zero attached hydrogens (tertiary/aromatic N) is 5. The van der Waals surface area contributed by atoms with E-state index < -0.39 is 5.41 Å². The van der Waals surface area contributed by atoms with Gasteiger partial charge in [0.1, 0.15) is 11.5 Å². The highest BCUT2D eigenvalue weighted by atomic mass is 16.2. The molecular formula is C24H24N6O2. The number of benzene rings is 1. The molecule has 0 radical (unpaired) electrons. The lowest BCUT2D eigenvalue weighted by molar-refractivity contribution is -0.121. The number of hydrogen-bond donors (Lipinski definition) is 1. The summed E-state index contributed by atoms with van der Waals surface area (Å²) in [6.45, 7) is 5.62. The van der Waals surface area contributed by atoms with Crippen LogP contribution in [0.15, 0.2) is 43.0 Å². The molecule has 1 aliphatic carbocycles. The summed E-state index contributed by atoms with van der Waals surface area (Å²) >= 11 is 0. The Kier molecular flexibility index (Phi) is 4.73. The van der Waals surface area contributed by atoms with Crippen LogP contribution in [0.1, 0.15) is 55.0 Å². The van der Waals surface area contributed by atoms with Gasteiger partial charge < -0.3 is 5.32 Å². The fourth-order valence-corrected chi connectivity index (χ4v) is 4.08. The zero-order chi connectivity index (χ0) is 22.5. The van der Waals surface area contributed by atoms with Crippen molar-refractivity contribution in [3.63, 3.8) is 0 Å². The molecule has 1 aliphatic heterocycles. The molecule has 0 saturated heterocycles. The summed E-state index contributed by atoms with van der Waals surface area (Å²) in [6, 6.07) is 6.07. The van der Waals surface area contributed by atoms with E-state index in [0.29, 0.717) is 11.6 Å². The molecule has 8 nitrogen and oxygen atoms in total. The first-order valence-corrected chi connectivity index (χ1v) is 10.8. The van der Waals surface area contributed by atoms with Gasteiger partial charge in [0.05, 0.1) is 23.5 Å². The zero-order valence-electron chi connectivity index (χ0n) is 18.3. The Labute approximate surface area is 186 Å². The van der Waals surface area contributed by atoms with Gasteiger partial charge in [-0.25, -0.2) is 15.0 Å². The number of nitrogens with one attached hydrogen (secondary N) is 1. The van der Waals surface area contributed by atoms with Crippen LogP contribution in [-0.2, 0) is 10.2 Å². The number of carbonyl (C=O) groups excluding carboxylic acids is 2. The summed E-state index contributed by atoms with van der Waals surface area (Å²) in [6.07, 6.45) is 9.57. The summed E-state index contributed by atoms with van der Waals surface area (Å²) < 4.78 is 0. The Bertz CT molecular complexity index is 1220. The third-order valence-electron chi connectivity index (χ3n) is 6.29. The van der Waals surface area contributed by atoms with Gasteiger partial charge in [0.25, 0.3) is 5.91 Å². The van der Waals surface area contributed by atoms with Gasteiger partial charge in [0.2, 0.25) is 5.91 Å². The summed E-state index contributed by atoms with van der Waals surface area (Å²) in [4.78, 5) is 44.9. The van der Waals surface area contributed by atoms with Crippen molar-refractivity contribution in [3.8, 4) is 11.1 Å². The van der Waals surface area contributed by atoms with Crippen LogP contribution in [0.5, 0.6) is 0 Å². The minimum atomic E-state index is -0.733. The number of anilines is 2. The lowest BCUT2D eigenvalue weighted by atomic mass is 9.85. The van der Waals surface area contributed by atoms with Gasteiger partial charge in [-0.3, -0.25) is 19.5 Å². The molecule has 162 valence electrons. The molecule has 1 fully saturated rings. The largest absolute Gasteiger partial charge is 0.348 e. The topological polar surface area (TPSA) is 101 Å². The Hall–Kier alpha value is -3.68. The van der Waals surface area contributed by atoms with Crippen molar-refractivity contribution in [3.05, 3.63) is 60.1 Å². The molecule has 2 aromatic heterocycles. The lowest BCUT2D eigenvalue weighted by Crippen LogP contribution is -2.40. The van der Waals surface area contributed by atoms with Gasteiger partial charge >= 0.3 is 0 Å². The predicted molar refractivity (Wildman–Crippen MR) is 120 cm³/mol. The predicted octanol–water partition coefficient (Wildman–Crippen LogP) is 3.48. The van der Waals surface area contributed by atoms with Crippen LogP contribution in [0.2, 0.25) is 0 Å². The third-order valence-corrected chi connectivity index (χ3v) is 6.29. The van der Waals surface area contributed by atoms with Crippen LogP contribution in [0, 0.1) is 6.92 Å². The van der Waals surface area contributed by atoms with Gasteiger partial charge in [0, 0.05) is 24.0 Å². The first-order chi connectivity index (χ1) is 15.3. The summed E-state index contributed by atoms with van der Waals surface area (Å²) in [7, 11) is 0. The highest BCUT2D eigenvalue weighted by Crippen LogP contribution is 2.46. The van der Waals surface area contributed by atoms with E-state index in [1.54, 1.807) is 17.3 Å². The molecular weight excluding hydrogens is 404 g/mol. The smallest absolute Gasteiger partial charge is 0.271 e. The average molecular weight is 428 g/mol. The molecule has 1 saturated carbocycles. The third kappa shape index (κ3) is 3.32. The molecule has 2 amide bonds. The molecule has 8 heteroatoms. The van der Waals surface area contributed by atoms with Crippen molar-refractivity contribution in [1.29, 1.82) is 0 Å². The van der Waals surface area contributed by atoms with Gasteiger partial charge in [0.15, 0.2) is 5.82 Å². The molecule has 32 heavy (non-hydrogen) atoms. The van der Waals surface area contributed by atoms with Crippen LogP contribution in [0.4, 0.5) is 11.5 Å². The highest BCUT2D eigenvalue weighted by Gasteiger charge is 2.45. The van der Waals surface area contributed by atoms with Crippen LogP contribution >= 0.6 is 0 Å². The second kappa shape index (κ2) is 7.47. The first kappa shape index (κ1) is 20.2. The number of hydrogen-bond acceptors (Lipinski definition) is 6. The number of amides is 2. The van der Waals surface area contributed by atoms with E-state index in [1.165, 1.54) is 12.4 Å². The van der Waals surface area contributed by atoms with Gasteiger partial charge in [-0.1, -0.05) is 12.1 Å². The molecule has 0 bridgehead atoms. The molecule has 0 atom stereocenters. The average Bonchev–Trinajstić information content (AvgIpc) is 2.96. The maximum Gasteiger partial charge on any atom is 0.271 e. The molecule has 3 aromatic rings. The second-order valence-electron chi connectivity index (χ2n) is 8.88. The number of aromatic nitrogens is 4. The summed E-state index contributed by atoms with van der Waals surface area (Å²) in [5.74, 6) is 0.650. The van der Waals surface area contributed by atoms with E-state index in [-0.39, 0.29) is 23.6 Å². The van der Waals surface area contributed by atoms with Crippen LogP contribution in [0.25, 0.3) is 11.1 Å². The number of carbonyl (C=O) groups is 2. The van der Waals surface area contributed by atoms with Crippen LogP contribution in [-0.4, -0.2) is 37.8 Å². The fourth-order valence-electron chi connectivity index (χ4n) is 4.08. The molecule has 0 spiro atoms. The monoisotopic (exact) mass is 428 g/mol. The SMILES string of the molecule is Cc1ncc(-c2ccc3c(c2)N(c2cncc(C(=O)NC4CCC4)n2)C(=O)C3(C)C)cn1. The lowest BCUT2D eigenvalue weighted by Gasteiger charge is -2.26.